The first-order valence-corrected chi connectivity index (χ1v) is 8.62. The van der Waals surface area contributed by atoms with E-state index < -0.39 is 0 Å². The molecule has 0 unspecified atom stereocenters. The second kappa shape index (κ2) is 6.82. The minimum absolute atomic E-state index is 0.171. The maximum Gasteiger partial charge on any atom is 0.226 e. The van der Waals surface area contributed by atoms with Crippen molar-refractivity contribution in [1.82, 2.24) is 4.90 Å². The molecular formula is C19H27NO2. The smallest absolute Gasteiger partial charge is 0.226 e. The van der Waals surface area contributed by atoms with Gasteiger partial charge in [-0.25, -0.2) is 0 Å². The zero-order valence-electron chi connectivity index (χ0n) is 13.8. The molecule has 0 spiro atoms. The summed E-state index contributed by atoms with van der Waals surface area (Å²) in [6.07, 6.45) is 4.10. The van der Waals surface area contributed by atoms with Gasteiger partial charge in [0.2, 0.25) is 5.91 Å². The molecule has 0 N–H and O–H groups in total. The highest BCUT2D eigenvalue weighted by atomic mass is 16.5. The Hall–Kier alpha value is -1.35. The number of carbonyl (C=O) groups excluding carboxylic acids is 1. The zero-order chi connectivity index (χ0) is 15.5. The van der Waals surface area contributed by atoms with Crippen LogP contribution in [0.3, 0.4) is 0 Å². The first-order valence-electron chi connectivity index (χ1n) is 8.62. The highest BCUT2D eigenvalue weighted by Crippen LogP contribution is 2.31. The van der Waals surface area contributed by atoms with Gasteiger partial charge in [-0.15, -0.1) is 0 Å². The van der Waals surface area contributed by atoms with E-state index in [9.17, 15) is 4.79 Å². The third-order valence-electron chi connectivity index (χ3n) is 4.84. The highest BCUT2D eigenvalue weighted by molar-refractivity contribution is 5.79. The molecule has 1 saturated heterocycles. The van der Waals surface area contributed by atoms with Gasteiger partial charge in [-0.3, -0.25) is 4.79 Å². The molecule has 1 aliphatic heterocycles. The van der Waals surface area contributed by atoms with Gasteiger partial charge in [-0.1, -0.05) is 38.1 Å². The summed E-state index contributed by atoms with van der Waals surface area (Å²) in [7, 11) is 0. The SMILES string of the molecule is CC(C)c1ccc(CN(C(=O)C2CCOCC2)C2CC2)cc1. The van der Waals surface area contributed by atoms with Crippen LogP contribution in [0, 0.1) is 5.92 Å². The van der Waals surface area contributed by atoms with Gasteiger partial charge in [0.25, 0.3) is 0 Å². The first kappa shape index (κ1) is 15.5. The van der Waals surface area contributed by atoms with Gasteiger partial charge in [-0.2, -0.15) is 0 Å². The maximum absolute atomic E-state index is 12.8. The van der Waals surface area contributed by atoms with Gasteiger partial charge in [0.05, 0.1) is 0 Å². The fourth-order valence-corrected chi connectivity index (χ4v) is 3.16. The van der Waals surface area contributed by atoms with Crippen molar-refractivity contribution in [3.63, 3.8) is 0 Å². The van der Waals surface area contributed by atoms with Crippen molar-refractivity contribution in [1.29, 1.82) is 0 Å². The molecule has 1 aromatic rings. The molecule has 120 valence electrons. The molecule has 2 aliphatic rings. The van der Waals surface area contributed by atoms with Gasteiger partial charge in [0.1, 0.15) is 0 Å². The van der Waals surface area contributed by atoms with Crippen LogP contribution in [0.4, 0.5) is 0 Å². The lowest BCUT2D eigenvalue weighted by Crippen LogP contribution is -2.39. The van der Waals surface area contributed by atoms with Gasteiger partial charge < -0.3 is 9.64 Å². The number of rotatable bonds is 5. The van der Waals surface area contributed by atoms with E-state index in [0.717, 1.165) is 32.6 Å². The van der Waals surface area contributed by atoms with E-state index in [4.69, 9.17) is 4.74 Å². The Kier molecular flexibility index (Phi) is 4.82. The lowest BCUT2D eigenvalue weighted by Gasteiger charge is -2.29. The lowest BCUT2D eigenvalue weighted by molar-refractivity contribution is -0.139. The molecule has 0 aromatic heterocycles. The normalized spacial score (nSPS) is 19.4. The minimum atomic E-state index is 0.171. The molecule has 0 bridgehead atoms. The average Bonchev–Trinajstić information content (AvgIpc) is 3.38. The van der Waals surface area contributed by atoms with Crippen LogP contribution in [-0.4, -0.2) is 30.1 Å². The summed E-state index contributed by atoms with van der Waals surface area (Å²) < 4.78 is 5.39. The summed E-state index contributed by atoms with van der Waals surface area (Å²) >= 11 is 0. The minimum Gasteiger partial charge on any atom is -0.381 e. The van der Waals surface area contributed by atoms with Crippen molar-refractivity contribution >= 4 is 5.91 Å². The molecule has 1 saturated carbocycles. The summed E-state index contributed by atoms with van der Waals surface area (Å²) in [5.74, 6) is 1.07. The van der Waals surface area contributed by atoms with Crippen molar-refractivity contribution in [3.05, 3.63) is 35.4 Å². The number of nitrogens with zero attached hydrogens (tertiary/aromatic N) is 1. The third kappa shape index (κ3) is 3.70. The molecular weight excluding hydrogens is 274 g/mol. The quantitative estimate of drug-likeness (QED) is 0.829. The molecule has 0 atom stereocenters. The first-order chi connectivity index (χ1) is 10.6. The van der Waals surface area contributed by atoms with Crippen LogP contribution in [0.2, 0.25) is 0 Å². The highest BCUT2D eigenvalue weighted by Gasteiger charge is 2.36. The number of carbonyl (C=O) groups is 1. The Morgan fingerprint density at radius 2 is 1.77 bits per heavy atom. The lowest BCUT2D eigenvalue weighted by atomic mass is 9.97. The largest absolute Gasteiger partial charge is 0.381 e. The Labute approximate surface area is 133 Å². The molecule has 1 amide bonds. The zero-order valence-corrected chi connectivity index (χ0v) is 13.8. The van der Waals surface area contributed by atoms with E-state index >= 15 is 0 Å². The summed E-state index contributed by atoms with van der Waals surface area (Å²) in [6, 6.07) is 9.23. The molecule has 2 fully saturated rings. The van der Waals surface area contributed by atoms with E-state index in [-0.39, 0.29) is 5.92 Å². The third-order valence-corrected chi connectivity index (χ3v) is 4.84. The Balaban J connectivity index is 1.67. The summed E-state index contributed by atoms with van der Waals surface area (Å²) in [4.78, 5) is 15.0. The van der Waals surface area contributed by atoms with Gasteiger partial charge in [-0.05, 0) is 42.7 Å². The predicted octanol–water partition coefficient (Wildman–Crippen LogP) is 3.73. The van der Waals surface area contributed by atoms with E-state index in [0.29, 0.717) is 17.9 Å². The van der Waals surface area contributed by atoms with Crippen molar-refractivity contribution < 1.29 is 9.53 Å². The number of ether oxygens (including phenoxy) is 1. The van der Waals surface area contributed by atoms with Crippen molar-refractivity contribution in [3.8, 4) is 0 Å². The Morgan fingerprint density at radius 3 is 2.32 bits per heavy atom. The van der Waals surface area contributed by atoms with E-state index in [1.807, 2.05) is 0 Å². The molecule has 22 heavy (non-hydrogen) atoms. The van der Waals surface area contributed by atoms with E-state index in [1.54, 1.807) is 0 Å². The maximum atomic E-state index is 12.8. The van der Waals surface area contributed by atoms with Crippen LogP contribution in [0.1, 0.15) is 56.6 Å². The van der Waals surface area contributed by atoms with Gasteiger partial charge in [0.15, 0.2) is 0 Å². The molecule has 3 heteroatoms. The van der Waals surface area contributed by atoms with Crippen molar-refractivity contribution in [2.45, 2.75) is 58.0 Å². The summed E-state index contributed by atoms with van der Waals surface area (Å²) in [5.41, 5.74) is 2.61. The molecule has 1 heterocycles. The molecule has 1 aliphatic carbocycles. The summed E-state index contributed by atoms with van der Waals surface area (Å²) in [5, 5.41) is 0. The van der Waals surface area contributed by atoms with Crippen LogP contribution < -0.4 is 0 Å². The standard InChI is InChI=1S/C19H27NO2/c1-14(2)16-5-3-15(4-6-16)13-20(18-7-8-18)19(21)17-9-11-22-12-10-17/h3-6,14,17-18H,7-13H2,1-2H3. The number of hydrogen-bond donors (Lipinski definition) is 0. The number of benzene rings is 1. The van der Waals surface area contributed by atoms with Gasteiger partial charge >= 0.3 is 0 Å². The monoisotopic (exact) mass is 301 g/mol. The number of hydrogen-bond acceptors (Lipinski definition) is 2. The van der Waals surface area contributed by atoms with Crippen molar-refractivity contribution in [2.24, 2.45) is 5.92 Å². The van der Waals surface area contributed by atoms with Crippen molar-refractivity contribution in [2.75, 3.05) is 13.2 Å². The second-order valence-corrected chi connectivity index (χ2v) is 6.98. The molecule has 0 radical (unpaired) electrons. The predicted molar refractivity (Wildman–Crippen MR) is 87.6 cm³/mol. The average molecular weight is 301 g/mol. The van der Waals surface area contributed by atoms with E-state index in [2.05, 4.69) is 43.0 Å². The molecule has 3 rings (SSSR count). The Morgan fingerprint density at radius 1 is 1.14 bits per heavy atom. The number of amides is 1. The fourth-order valence-electron chi connectivity index (χ4n) is 3.16. The van der Waals surface area contributed by atoms with Crippen LogP contribution in [0.5, 0.6) is 0 Å². The topological polar surface area (TPSA) is 29.5 Å². The molecule has 1 aromatic carbocycles. The second-order valence-electron chi connectivity index (χ2n) is 6.98. The molecule has 3 nitrogen and oxygen atoms in total. The Bertz CT molecular complexity index is 499. The van der Waals surface area contributed by atoms with Crippen LogP contribution in [-0.2, 0) is 16.1 Å². The van der Waals surface area contributed by atoms with Crippen LogP contribution in [0.25, 0.3) is 0 Å². The van der Waals surface area contributed by atoms with Crippen LogP contribution in [0.15, 0.2) is 24.3 Å². The van der Waals surface area contributed by atoms with E-state index in [1.165, 1.54) is 24.0 Å². The van der Waals surface area contributed by atoms with Crippen LogP contribution >= 0.6 is 0 Å². The summed E-state index contributed by atoms with van der Waals surface area (Å²) in [6.45, 7) is 6.65. The van der Waals surface area contributed by atoms with Gasteiger partial charge in [0, 0.05) is 31.7 Å². The fraction of sp³-hybridized carbons (Fsp3) is 0.632.